The molecule has 0 saturated carbocycles. The Morgan fingerprint density at radius 3 is 2.24 bits per heavy atom. The van der Waals surface area contributed by atoms with Crippen molar-refractivity contribution in [3.8, 4) is 0 Å². The van der Waals surface area contributed by atoms with Crippen LogP contribution in [0.15, 0.2) is 29.3 Å². The van der Waals surface area contributed by atoms with Gasteiger partial charge in [0, 0.05) is 66.0 Å². The van der Waals surface area contributed by atoms with Gasteiger partial charge in [-0.3, -0.25) is 9.89 Å². The molecule has 1 heterocycles. The third-order valence-electron chi connectivity index (χ3n) is 5.56. The molecule has 1 aromatic rings. The fourth-order valence-electron chi connectivity index (χ4n) is 3.48. The van der Waals surface area contributed by atoms with Gasteiger partial charge in [0.1, 0.15) is 5.60 Å². The molecule has 1 aliphatic heterocycles. The second kappa shape index (κ2) is 14.0. The Morgan fingerprint density at radius 2 is 1.70 bits per heavy atom. The Morgan fingerprint density at radius 1 is 1.12 bits per heavy atom. The summed E-state index contributed by atoms with van der Waals surface area (Å²) in [5.74, 6) is 0.805. The maximum absolute atomic E-state index is 12.1. The summed E-state index contributed by atoms with van der Waals surface area (Å²) in [5.41, 5.74) is 1.73. The number of rotatable bonds is 7. The number of halogens is 1. The third kappa shape index (κ3) is 10.9. The van der Waals surface area contributed by atoms with Gasteiger partial charge in [-0.1, -0.05) is 24.3 Å². The molecule has 9 heteroatoms. The minimum atomic E-state index is -0.490. The first-order valence-electron chi connectivity index (χ1n) is 11.5. The standard InChI is InChI=1S/C24H42N6O2.HI/c1-19(30-14-12-28(6)13-15-30)16-26-22(25-5)27-17-20-8-10-21(11-9-20)18-29(7)23(31)32-24(2,3)4;/h8-11,19H,12-18H2,1-7H3,(H2,25,26,27);1H. The SMILES string of the molecule is CN=C(NCc1ccc(CN(C)C(=O)OC(C)(C)C)cc1)NCC(C)N1CCN(C)CC1.I. The van der Waals surface area contributed by atoms with Crippen LogP contribution < -0.4 is 10.6 Å². The van der Waals surface area contributed by atoms with E-state index >= 15 is 0 Å². The van der Waals surface area contributed by atoms with E-state index < -0.39 is 5.60 Å². The Kier molecular flexibility index (Phi) is 12.5. The molecule has 2 N–H and O–H groups in total. The lowest BCUT2D eigenvalue weighted by atomic mass is 10.1. The number of carbonyl (C=O) groups excluding carboxylic acids is 1. The zero-order valence-electron chi connectivity index (χ0n) is 21.4. The van der Waals surface area contributed by atoms with Gasteiger partial charge in [-0.05, 0) is 45.9 Å². The first kappa shape index (κ1) is 29.4. The number of guanidine groups is 1. The monoisotopic (exact) mass is 574 g/mol. The maximum Gasteiger partial charge on any atom is 0.410 e. The normalized spacial score (nSPS) is 16.5. The fourth-order valence-corrected chi connectivity index (χ4v) is 3.48. The van der Waals surface area contributed by atoms with Crippen molar-refractivity contribution in [3.05, 3.63) is 35.4 Å². The van der Waals surface area contributed by atoms with Crippen LogP contribution >= 0.6 is 24.0 Å². The molecule has 1 unspecified atom stereocenters. The molecular weight excluding hydrogens is 531 g/mol. The van der Waals surface area contributed by atoms with Crippen LogP contribution in [-0.2, 0) is 17.8 Å². The molecular formula is C24H43IN6O2. The molecule has 1 amide bonds. The summed E-state index contributed by atoms with van der Waals surface area (Å²) in [6.45, 7) is 14.4. The molecule has 1 aliphatic rings. The largest absolute Gasteiger partial charge is 0.444 e. The zero-order valence-corrected chi connectivity index (χ0v) is 23.7. The number of nitrogens with zero attached hydrogens (tertiary/aromatic N) is 4. The van der Waals surface area contributed by atoms with E-state index in [-0.39, 0.29) is 30.1 Å². The molecule has 0 aromatic heterocycles. The smallest absolute Gasteiger partial charge is 0.410 e. The molecule has 1 aromatic carbocycles. The molecule has 8 nitrogen and oxygen atoms in total. The number of hydrogen-bond donors (Lipinski definition) is 2. The fraction of sp³-hybridized carbons (Fsp3) is 0.667. The minimum Gasteiger partial charge on any atom is -0.444 e. The van der Waals surface area contributed by atoms with Crippen LogP contribution in [0.1, 0.15) is 38.8 Å². The zero-order chi connectivity index (χ0) is 23.7. The van der Waals surface area contributed by atoms with Crippen molar-refractivity contribution in [2.75, 3.05) is 53.9 Å². The van der Waals surface area contributed by atoms with E-state index in [1.165, 1.54) is 0 Å². The highest BCUT2D eigenvalue weighted by Crippen LogP contribution is 2.12. The van der Waals surface area contributed by atoms with Crippen molar-refractivity contribution < 1.29 is 9.53 Å². The highest BCUT2D eigenvalue weighted by atomic mass is 127. The number of aliphatic imine (C=N–C) groups is 1. The Hall–Kier alpha value is -1.59. The molecule has 0 spiro atoms. The van der Waals surface area contributed by atoms with Crippen molar-refractivity contribution in [1.29, 1.82) is 0 Å². The van der Waals surface area contributed by atoms with Crippen LogP contribution in [0, 0.1) is 0 Å². The average Bonchev–Trinajstić information content (AvgIpc) is 2.74. The van der Waals surface area contributed by atoms with Crippen molar-refractivity contribution in [3.63, 3.8) is 0 Å². The van der Waals surface area contributed by atoms with E-state index in [1.807, 2.05) is 32.9 Å². The summed E-state index contributed by atoms with van der Waals surface area (Å²) in [4.78, 5) is 23.0. The van der Waals surface area contributed by atoms with E-state index in [9.17, 15) is 4.79 Å². The van der Waals surface area contributed by atoms with Crippen LogP contribution in [0.5, 0.6) is 0 Å². The van der Waals surface area contributed by atoms with E-state index in [1.54, 1.807) is 19.0 Å². The van der Waals surface area contributed by atoms with E-state index in [0.717, 1.165) is 49.8 Å². The lowest BCUT2D eigenvalue weighted by Crippen LogP contribution is -2.52. The summed E-state index contributed by atoms with van der Waals surface area (Å²) >= 11 is 0. The molecule has 1 saturated heterocycles. The van der Waals surface area contributed by atoms with Crippen LogP contribution in [0.4, 0.5) is 4.79 Å². The first-order valence-corrected chi connectivity index (χ1v) is 11.5. The van der Waals surface area contributed by atoms with Gasteiger partial charge in [0.05, 0.1) is 0 Å². The van der Waals surface area contributed by atoms with Gasteiger partial charge in [-0.15, -0.1) is 24.0 Å². The molecule has 2 rings (SSSR count). The highest BCUT2D eigenvalue weighted by Gasteiger charge is 2.20. The number of carbonyl (C=O) groups is 1. The van der Waals surface area contributed by atoms with Crippen molar-refractivity contribution in [1.82, 2.24) is 25.3 Å². The topological polar surface area (TPSA) is 72.4 Å². The van der Waals surface area contributed by atoms with Crippen LogP contribution in [0.3, 0.4) is 0 Å². The van der Waals surface area contributed by atoms with E-state index in [4.69, 9.17) is 4.74 Å². The van der Waals surface area contributed by atoms with Crippen molar-refractivity contribution >= 4 is 36.0 Å². The van der Waals surface area contributed by atoms with Crippen LogP contribution in [0.2, 0.25) is 0 Å². The first-order chi connectivity index (χ1) is 15.1. The Balaban J connectivity index is 0.00000544. The molecule has 1 fully saturated rings. The number of hydrogen-bond acceptors (Lipinski definition) is 5. The molecule has 188 valence electrons. The number of nitrogens with one attached hydrogen (secondary N) is 2. The predicted octanol–water partition coefficient (Wildman–Crippen LogP) is 2.97. The Bertz CT molecular complexity index is 742. The Labute approximate surface area is 217 Å². The van der Waals surface area contributed by atoms with Crippen LogP contribution in [0.25, 0.3) is 0 Å². The van der Waals surface area contributed by atoms with Crippen LogP contribution in [-0.4, -0.2) is 92.3 Å². The second-order valence-corrected chi connectivity index (χ2v) is 9.65. The highest BCUT2D eigenvalue weighted by molar-refractivity contribution is 14.0. The van der Waals surface area contributed by atoms with Gasteiger partial charge in [0.2, 0.25) is 0 Å². The quantitative estimate of drug-likeness (QED) is 0.297. The lowest BCUT2D eigenvalue weighted by molar-refractivity contribution is 0.0285. The minimum absolute atomic E-state index is 0. The number of benzene rings is 1. The van der Waals surface area contributed by atoms with Gasteiger partial charge in [0.25, 0.3) is 0 Å². The summed E-state index contributed by atoms with van der Waals surface area (Å²) in [6, 6.07) is 8.70. The summed E-state index contributed by atoms with van der Waals surface area (Å²) < 4.78 is 5.41. The number of likely N-dealkylation sites (N-methyl/N-ethyl adjacent to an activating group) is 1. The number of amides is 1. The van der Waals surface area contributed by atoms with Crippen molar-refractivity contribution in [2.45, 2.75) is 52.4 Å². The van der Waals surface area contributed by atoms with Gasteiger partial charge >= 0.3 is 6.09 Å². The summed E-state index contributed by atoms with van der Waals surface area (Å²) in [5, 5.41) is 6.82. The maximum atomic E-state index is 12.1. The predicted molar refractivity (Wildman–Crippen MR) is 146 cm³/mol. The summed E-state index contributed by atoms with van der Waals surface area (Å²) in [7, 11) is 5.73. The summed E-state index contributed by atoms with van der Waals surface area (Å²) in [6.07, 6.45) is -0.316. The van der Waals surface area contributed by atoms with Gasteiger partial charge in [0.15, 0.2) is 5.96 Å². The van der Waals surface area contributed by atoms with E-state index in [0.29, 0.717) is 19.1 Å². The molecule has 0 bridgehead atoms. The van der Waals surface area contributed by atoms with Crippen molar-refractivity contribution in [2.24, 2.45) is 4.99 Å². The average molecular weight is 575 g/mol. The molecule has 33 heavy (non-hydrogen) atoms. The lowest BCUT2D eigenvalue weighted by Gasteiger charge is -2.36. The van der Waals surface area contributed by atoms with Gasteiger partial charge in [-0.2, -0.15) is 0 Å². The second-order valence-electron chi connectivity index (χ2n) is 9.65. The number of piperazine rings is 1. The van der Waals surface area contributed by atoms with Gasteiger partial charge in [-0.25, -0.2) is 4.79 Å². The van der Waals surface area contributed by atoms with E-state index in [2.05, 4.69) is 51.5 Å². The van der Waals surface area contributed by atoms with Gasteiger partial charge < -0.3 is 25.2 Å². The molecule has 0 radical (unpaired) electrons. The molecule has 0 aliphatic carbocycles. The molecule has 1 atom stereocenters. The number of ether oxygens (including phenoxy) is 1. The third-order valence-corrected chi connectivity index (χ3v) is 5.56.